The van der Waals surface area contributed by atoms with Gasteiger partial charge in [-0.15, -0.1) is 0 Å². The highest BCUT2D eigenvalue weighted by atomic mass is 15.3. The van der Waals surface area contributed by atoms with E-state index in [1.165, 1.54) is 39.0 Å². The molecule has 0 radical (unpaired) electrons. The summed E-state index contributed by atoms with van der Waals surface area (Å²) in [4.78, 5) is 5.26. The normalized spacial score (nSPS) is 23.2. The molecule has 0 saturated carbocycles. The molecule has 0 amide bonds. The third-order valence-corrected chi connectivity index (χ3v) is 4.00. The third kappa shape index (κ3) is 4.04. The first kappa shape index (κ1) is 13.9. The second-order valence-corrected chi connectivity index (χ2v) is 5.07. The summed E-state index contributed by atoms with van der Waals surface area (Å²) in [5, 5.41) is 3.24. The molecule has 1 aliphatic rings. The quantitative estimate of drug-likeness (QED) is 0.740. The Labute approximate surface area is 101 Å². The van der Waals surface area contributed by atoms with Gasteiger partial charge in [-0.1, -0.05) is 6.92 Å². The van der Waals surface area contributed by atoms with Crippen molar-refractivity contribution < 1.29 is 0 Å². The van der Waals surface area contributed by atoms with E-state index in [4.69, 9.17) is 0 Å². The summed E-state index contributed by atoms with van der Waals surface area (Å²) < 4.78 is 0. The minimum absolute atomic E-state index is 0.728. The van der Waals surface area contributed by atoms with Crippen LogP contribution in [0.15, 0.2) is 0 Å². The van der Waals surface area contributed by atoms with Crippen molar-refractivity contribution in [1.29, 1.82) is 0 Å². The Kier molecular flexibility index (Phi) is 6.32. The lowest BCUT2D eigenvalue weighted by atomic mass is 10.1. The molecule has 1 N–H and O–H groups in total. The van der Waals surface area contributed by atoms with E-state index in [-0.39, 0.29) is 0 Å². The van der Waals surface area contributed by atoms with Crippen molar-refractivity contribution in [2.45, 2.75) is 45.7 Å². The van der Waals surface area contributed by atoms with Crippen LogP contribution in [0.1, 0.15) is 33.6 Å². The molecule has 1 fully saturated rings. The molecular weight excluding hydrogens is 198 g/mol. The summed E-state index contributed by atoms with van der Waals surface area (Å²) >= 11 is 0. The fraction of sp³-hybridized carbons (Fsp3) is 1.00. The zero-order chi connectivity index (χ0) is 12.0. The third-order valence-electron chi connectivity index (χ3n) is 4.00. The highest BCUT2D eigenvalue weighted by molar-refractivity contribution is 4.78. The van der Waals surface area contributed by atoms with E-state index >= 15 is 0 Å². The fourth-order valence-electron chi connectivity index (χ4n) is 2.41. The van der Waals surface area contributed by atoms with Crippen molar-refractivity contribution in [2.24, 2.45) is 0 Å². The molecule has 0 aromatic carbocycles. The Morgan fingerprint density at radius 3 is 1.94 bits per heavy atom. The van der Waals surface area contributed by atoms with Gasteiger partial charge >= 0.3 is 0 Å². The molecule has 0 aromatic heterocycles. The first-order chi connectivity index (χ1) is 7.69. The molecule has 0 spiro atoms. The molecule has 3 nitrogen and oxygen atoms in total. The molecule has 0 aliphatic carbocycles. The highest BCUT2D eigenvalue weighted by Crippen LogP contribution is 2.12. The Morgan fingerprint density at radius 1 is 1.00 bits per heavy atom. The lowest BCUT2D eigenvalue weighted by Crippen LogP contribution is -2.52. The second-order valence-electron chi connectivity index (χ2n) is 5.07. The summed E-state index contributed by atoms with van der Waals surface area (Å²) in [5.74, 6) is 0. The largest absolute Gasteiger partial charge is 0.320 e. The lowest BCUT2D eigenvalue weighted by molar-refractivity contribution is 0.0750. The molecule has 1 saturated heterocycles. The zero-order valence-corrected chi connectivity index (χ0v) is 11.5. The zero-order valence-electron chi connectivity index (χ0n) is 11.5. The molecule has 96 valence electrons. The monoisotopic (exact) mass is 227 g/mol. The van der Waals surface area contributed by atoms with E-state index in [1.807, 2.05) is 7.05 Å². The Balaban J connectivity index is 2.25. The Morgan fingerprint density at radius 2 is 1.50 bits per heavy atom. The molecule has 0 aromatic rings. The SMILES string of the molecule is CCC(C)N1CCN(C(C)CCNC)CC1. The number of nitrogens with one attached hydrogen (secondary N) is 1. The molecule has 2 unspecified atom stereocenters. The van der Waals surface area contributed by atoms with Gasteiger partial charge in [0.2, 0.25) is 0 Å². The van der Waals surface area contributed by atoms with Crippen LogP contribution in [0.4, 0.5) is 0 Å². The molecule has 1 heterocycles. The first-order valence-corrected chi connectivity index (χ1v) is 6.81. The van der Waals surface area contributed by atoms with E-state index in [0.29, 0.717) is 0 Å². The van der Waals surface area contributed by atoms with Gasteiger partial charge < -0.3 is 5.32 Å². The van der Waals surface area contributed by atoms with Crippen LogP contribution in [0.2, 0.25) is 0 Å². The molecular formula is C13H29N3. The topological polar surface area (TPSA) is 18.5 Å². The minimum Gasteiger partial charge on any atom is -0.320 e. The average Bonchev–Trinajstić information content (AvgIpc) is 2.35. The van der Waals surface area contributed by atoms with Crippen molar-refractivity contribution in [1.82, 2.24) is 15.1 Å². The van der Waals surface area contributed by atoms with E-state index in [2.05, 4.69) is 35.9 Å². The van der Waals surface area contributed by atoms with Gasteiger partial charge in [0.1, 0.15) is 0 Å². The van der Waals surface area contributed by atoms with Crippen molar-refractivity contribution in [3.05, 3.63) is 0 Å². The van der Waals surface area contributed by atoms with Crippen molar-refractivity contribution in [3.8, 4) is 0 Å². The predicted octanol–water partition coefficient (Wildman–Crippen LogP) is 1.40. The van der Waals surface area contributed by atoms with Crippen LogP contribution in [-0.4, -0.2) is 61.7 Å². The predicted molar refractivity (Wildman–Crippen MR) is 70.9 cm³/mol. The summed E-state index contributed by atoms with van der Waals surface area (Å²) in [6.07, 6.45) is 2.54. The molecule has 16 heavy (non-hydrogen) atoms. The fourth-order valence-corrected chi connectivity index (χ4v) is 2.41. The van der Waals surface area contributed by atoms with Gasteiger partial charge in [-0.3, -0.25) is 9.80 Å². The van der Waals surface area contributed by atoms with Gasteiger partial charge in [0.15, 0.2) is 0 Å². The van der Waals surface area contributed by atoms with E-state index in [0.717, 1.165) is 18.6 Å². The van der Waals surface area contributed by atoms with Gasteiger partial charge in [0, 0.05) is 38.3 Å². The lowest BCUT2D eigenvalue weighted by Gasteiger charge is -2.40. The Bertz CT molecular complexity index is 176. The van der Waals surface area contributed by atoms with Crippen molar-refractivity contribution in [2.75, 3.05) is 39.8 Å². The maximum absolute atomic E-state index is 3.24. The molecule has 1 aliphatic heterocycles. The maximum atomic E-state index is 3.24. The van der Waals surface area contributed by atoms with Crippen molar-refractivity contribution >= 4 is 0 Å². The number of hydrogen-bond acceptors (Lipinski definition) is 3. The second kappa shape index (κ2) is 7.25. The standard InChI is InChI=1S/C13H29N3/c1-5-12(2)15-8-10-16(11-9-15)13(3)6-7-14-4/h12-14H,5-11H2,1-4H3. The van der Waals surface area contributed by atoms with Crippen molar-refractivity contribution in [3.63, 3.8) is 0 Å². The summed E-state index contributed by atoms with van der Waals surface area (Å²) in [7, 11) is 2.04. The van der Waals surface area contributed by atoms with Gasteiger partial charge in [-0.05, 0) is 40.3 Å². The molecule has 3 heteroatoms. The van der Waals surface area contributed by atoms with E-state index in [1.54, 1.807) is 0 Å². The Hall–Kier alpha value is -0.120. The molecule has 0 bridgehead atoms. The van der Waals surface area contributed by atoms with Crippen LogP contribution in [0.5, 0.6) is 0 Å². The van der Waals surface area contributed by atoms with E-state index < -0.39 is 0 Å². The van der Waals surface area contributed by atoms with Crippen LogP contribution in [0, 0.1) is 0 Å². The van der Waals surface area contributed by atoms with Gasteiger partial charge in [0.25, 0.3) is 0 Å². The summed E-state index contributed by atoms with van der Waals surface area (Å²) in [6, 6.07) is 1.49. The number of nitrogens with zero attached hydrogens (tertiary/aromatic N) is 2. The summed E-state index contributed by atoms with van der Waals surface area (Å²) in [6.45, 7) is 13.1. The van der Waals surface area contributed by atoms with Gasteiger partial charge in [-0.25, -0.2) is 0 Å². The summed E-state index contributed by atoms with van der Waals surface area (Å²) in [5.41, 5.74) is 0. The molecule has 1 rings (SSSR count). The van der Waals surface area contributed by atoms with Gasteiger partial charge in [-0.2, -0.15) is 0 Å². The van der Waals surface area contributed by atoms with Gasteiger partial charge in [0.05, 0.1) is 0 Å². The maximum Gasteiger partial charge on any atom is 0.0113 e. The van der Waals surface area contributed by atoms with Crippen LogP contribution in [-0.2, 0) is 0 Å². The number of piperazine rings is 1. The van der Waals surface area contributed by atoms with Crippen LogP contribution in [0.25, 0.3) is 0 Å². The first-order valence-electron chi connectivity index (χ1n) is 6.81. The van der Waals surface area contributed by atoms with Crippen LogP contribution in [0.3, 0.4) is 0 Å². The van der Waals surface area contributed by atoms with E-state index in [9.17, 15) is 0 Å². The van der Waals surface area contributed by atoms with Crippen LogP contribution < -0.4 is 5.32 Å². The highest BCUT2D eigenvalue weighted by Gasteiger charge is 2.22. The van der Waals surface area contributed by atoms with Crippen LogP contribution >= 0.6 is 0 Å². The number of rotatable bonds is 6. The number of hydrogen-bond donors (Lipinski definition) is 1. The molecule has 2 atom stereocenters. The smallest absolute Gasteiger partial charge is 0.0113 e. The average molecular weight is 227 g/mol. The minimum atomic E-state index is 0.728.